The van der Waals surface area contributed by atoms with Crippen molar-refractivity contribution in [1.82, 2.24) is 0 Å². The monoisotopic (exact) mass is 212 g/mol. The number of rotatable bonds is 3. The number of epoxide rings is 1. The van der Waals surface area contributed by atoms with Crippen molar-refractivity contribution in [2.75, 3.05) is 7.11 Å². The lowest BCUT2D eigenvalue weighted by atomic mass is 9.88. The van der Waals surface area contributed by atoms with Gasteiger partial charge in [-0.05, 0) is 31.6 Å². The average Bonchev–Trinajstić information content (AvgIpc) is 2.70. The first-order valence-electron chi connectivity index (χ1n) is 5.92. The number of esters is 1. The molecule has 1 saturated heterocycles. The van der Waals surface area contributed by atoms with Gasteiger partial charge in [0.05, 0.1) is 7.11 Å². The second-order valence-electron chi connectivity index (χ2n) is 4.79. The molecule has 1 saturated carbocycles. The van der Waals surface area contributed by atoms with E-state index in [0.717, 1.165) is 25.2 Å². The van der Waals surface area contributed by atoms with Crippen molar-refractivity contribution in [2.24, 2.45) is 5.92 Å². The number of carbonyl (C=O) groups excluding carboxylic acids is 1. The highest BCUT2D eigenvalue weighted by Gasteiger charge is 2.75. The van der Waals surface area contributed by atoms with Gasteiger partial charge in [0.1, 0.15) is 5.60 Å². The molecular weight excluding hydrogens is 192 g/mol. The molecule has 0 N–H and O–H groups in total. The third-order valence-corrected chi connectivity index (χ3v) is 4.23. The SMILES string of the molecule is CCC1CCC2(C1)OC2(CC)C(=O)OC. The summed E-state index contributed by atoms with van der Waals surface area (Å²) < 4.78 is 10.7. The van der Waals surface area contributed by atoms with Crippen molar-refractivity contribution in [3.05, 3.63) is 0 Å². The fraction of sp³-hybridized carbons (Fsp3) is 0.917. The molecule has 1 aliphatic carbocycles. The molecule has 0 aromatic heterocycles. The molecule has 3 nitrogen and oxygen atoms in total. The molecule has 0 aromatic carbocycles. The van der Waals surface area contributed by atoms with Crippen LogP contribution in [0, 0.1) is 5.92 Å². The fourth-order valence-electron chi connectivity index (χ4n) is 3.15. The van der Waals surface area contributed by atoms with Crippen LogP contribution >= 0.6 is 0 Å². The van der Waals surface area contributed by atoms with Crippen LogP contribution in [0.2, 0.25) is 0 Å². The van der Waals surface area contributed by atoms with Gasteiger partial charge in [0.15, 0.2) is 5.60 Å². The van der Waals surface area contributed by atoms with E-state index in [1.807, 2.05) is 6.92 Å². The quantitative estimate of drug-likeness (QED) is 0.532. The highest BCUT2D eigenvalue weighted by Crippen LogP contribution is 2.61. The minimum Gasteiger partial charge on any atom is -0.467 e. The Morgan fingerprint density at radius 3 is 2.73 bits per heavy atom. The van der Waals surface area contributed by atoms with Crippen molar-refractivity contribution < 1.29 is 14.3 Å². The maximum atomic E-state index is 11.7. The predicted molar refractivity (Wildman–Crippen MR) is 56.5 cm³/mol. The first-order chi connectivity index (χ1) is 7.14. The molecule has 1 spiro atoms. The summed E-state index contributed by atoms with van der Waals surface area (Å²) in [6, 6.07) is 0. The zero-order chi connectivity index (χ0) is 11.1. The van der Waals surface area contributed by atoms with Crippen molar-refractivity contribution in [3.8, 4) is 0 Å². The Bertz CT molecular complexity index is 276. The third kappa shape index (κ3) is 1.32. The maximum absolute atomic E-state index is 11.7. The molecule has 0 bridgehead atoms. The summed E-state index contributed by atoms with van der Waals surface area (Å²) in [5.41, 5.74) is -0.777. The van der Waals surface area contributed by atoms with Gasteiger partial charge >= 0.3 is 5.97 Å². The van der Waals surface area contributed by atoms with Crippen LogP contribution < -0.4 is 0 Å². The normalized spacial score (nSPS) is 43.3. The van der Waals surface area contributed by atoms with Gasteiger partial charge in [-0.1, -0.05) is 20.3 Å². The molecule has 0 radical (unpaired) electrons. The number of methoxy groups -OCH3 is 1. The van der Waals surface area contributed by atoms with Crippen molar-refractivity contribution in [1.29, 1.82) is 0 Å². The Kier molecular flexibility index (Phi) is 2.53. The summed E-state index contributed by atoms with van der Waals surface area (Å²) >= 11 is 0. The minimum atomic E-state index is -0.605. The second-order valence-corrected chi connectivity index (χ2v) is 4.79. The Balaban J connectivity index is 2.12. The number of ether oxygens (including phenoxy) is 2. The van der Waals surface area contributed by atoms with Gasteiger partial charge in [-0.15, -0.1) is 0 Å². The van der Waals surface area contributed by atoms with Crippen LogP contribution in [0.25, 0.3) is 0 Å². The lowest BCUT2D eigenvalue weighted by molar-refractivity contribution is -0.147. The van der Waals surface area contributed by atoms with Gasteiger partial charge in [-0.2, -0.15) is 0 Å². The molecule has 0 amide bonds. The summed E-state index contributed by atoms with van der Waals surface area (Å²) in [4.78, 5) is 11.7. The zero-order valence-corrected chi connectivity index (χ0v) is 9.84. The van der Waals surface area contributed by atoms with Gasteiger partial charge in [-0.3, -0.25) is 0 Å². The summed E-state index contributed by atoms with van der Waals surface area (Å²) in [6.45, 7) is 4.21. The Morgan fingerprint density at radius 2 is 2.27 bits per heavy atom. The van der Waals surface area contributed by atoms with E-state index in [4.69, 9.17) is 9.47 Å². The molecule has 1 heterocycles. The minimum absolute atomic E-state index is 0.171. The van der Waals surface area contributed by atoms with E-state index in [2.05, 4.69) is 6.92 Å². The van der Waals surface area contributed by atoms with E-state index < -0.39 is 5.60 Å². The zero-order valence-electron chi connectivity index (χ0n) is 9.84. The lowest BCUT2D eigenvalue weighted by Gasteiger charge is -2.12. The van der Waals surface area contributed by atoms with E-state index in [1.165, 1.54) is 20.0 Å². The van der Waals surface area contributed by atoms with E-state index in [0.29, 0.717) is 0 Å². The molecular formula is C12H20O3. The molecule has 15 heavy (non-hydrogen) atoms. The van der Waals surface area contributed by atoms with E-state index in [1.54, 1.807) is 0 Å². The van der Waals surface area contributed by atoms with Crippen molar-refractivity contribution in [3.63, 3.8) is 0 Å². The van der Waals surface area contributed by atoms with E-state index in [-0.39, 0.29) is 11.6 Å². The Hall–Kier alpha value is -0.570. The van der Waals surface area contributed by atoms with Gasteiger partial charge in [0, 0.05) is 0 Å². The smallest absolute Gasteiger partial charge is 0.341 e. The lowest BCUT2D eigenvalue weighted by Crippen LogP contribution is -2.33. The molecule has 3 unspecified atom stereocenters. The highest BCUT2D eigenvalue weighted by atomic mass is 16.7. The first-order valence-corrected chi connectivity index (χ1v) is 5.92. The van der Waals surface area contributed by atoms with Crippen LogP contribution in [0.3, 0.4) is 0 Å². The topological polar surface area (TPSA) is 38.8 Å². The largest absolute Gasteiger partial charge is 0.467 e. The van der Waals surface area contributed by atoms with Crippen LogP contribution in [0.1, 0.15) is 46.0 Å². The third-order valence-electron chi connectivity index (χ3n) is 4.23. The fourth-order valence-corrected chi connectivity index (χ4v) is 3.15. The molecule has 86 valence electrons. The molecule has 3 heteroatoms. The standard InChI is InChI=1S/C12H20O3/c1-4-9-6-7-11(8-9)12(5-2,15-11)10(13)14-3/h9H,4-8H2,1-3H3. The highest BCUT2D eigenvalue weighted by molar-refractivity contribution is 5.85. The molecule has 1 aliphatic heterocycles. The second kappa shape index (κ2) is 3.48. The van der Waals surface area contributed by atoms with Crippen LogP contribution in [0.4, 0.5) is 0 Å². The summed E-state index contributed by atoms with van der Waals surface area (Å²) in [5.74, 6) is 0.546. The van der Waals surface area contributed by atoms with Gasteiger partial charge < -0.3 is 9.47 Å². The Morgan fingerprint density at radius 1 is 1.53 bits per heavy atom. The van der Waals surface area contributed by atoms with Crippen LogP contribution in [-0.2, 0) is 14.3 Å². The molecule has 2 aliphatic rings. The number of carbonyl (C=O) groups is 1. The maximum Gasteiger partial charge on any atom is 0.341 e. The van der Waals surface area contributed by atoms with E-state index in [9.17, 15) is 4.79 Å². The van der Waals surface area contributed by atoms with E-state index >= 15 is 0 Å². The molecule has 0 aromatic rings. The van der Waals surface area contributed by atoms with Gasteiger partial charge in [-0.25, -0.2) is 4.79 Å². The summed E-state index contributed by atoms with van der Waals surface area (Å²) in [6.07, 6.45) is 5.16. The van der Waals surface area contributed by atoms with Gasteiger partial charge in [0.2, 0.25) is 0 Å². The van der Waals surface area contributed by atoms with Gasteiger partial charge in [0.25, 0.3) is 0 Å². The van der Waals surface area contributed by atoms with Crippen LogP contribution in [0.15, 0.2) is 0 Å². The average molecular weight is 212 g/mol. The van der Waals surface area contributed by atoms with Crippen LogP contribution in [-0.4, -0.2) is 24.3 Å². The summed E-state index contributed by atoms with van der Waals surface area (Å²) in [5, 5.41) is 0. The number of hydrogen-bond acceptors (Lipinski definition) is 3. The molecule has 2 fully saturated rings. The summed E-state index contributed by atoms with van der Waals surface area (Å²) in [7, 11) is 1.45. The number of hydrogen-bond donors (Lipinski definition) is 0. The van der Waals surface area contributed by atoms with Crippen LogP contribution in [0.5, 0.6) is 0 Å². The molecule has 3 atom stereocenters. The molecule has 2 rings (SSSR count). The Labute approximate surface area is 91.1 Å². The predicted octanol–water partition coefficient (Wildman–Crippen LogP) is 2.29. The first kappa shape index (κ1) is 10.9. The van der Waals surface area contributed by atoms with Crippen molar-refractivity contribution in [2.45, 2.75) is 57.2 Å². The van der Waals surface area contributed by atoms with Crippen molar-refractivity contribution >= 4 is 5.97 Å².